The average molecular weight is 313 g/mol. The molecular formula is C20H40O2. The lowest BCUT2D eigenvalue weighted by atomic mass is 9.62. The molecule has 1 fully saturated rings. The number of rotatable bonds is 8. The van der Waals surface area contributed by atoms with Crippen molar-refractivity contribution >= 4 is 0 Å². The maximum Gasteiger partial charge on any atom is 0.0684 e. The maximum absolute atomic E-state index is 9.00. The summed E-state index contributed by atoms with van der Waals surface area (Å²) in [6, 6.07) is 0. The molecule has 0 aliphatic heterocycles. The first-order chi connectivity index (χ1) is 10.0. The summed E-state index contributed by atoms with van der Waals surface area (Å²) in [4.78, 5) is 0. The summed E-state index contributed by atoms with van der Waals surface area (Å²) in [5, 5.41) is 9.00. The molecular weight excluding hydrogens is 272 g/mol. The first-order valence-electron chi connectivity index (χ1n) is 9.29. The predicted octanol–water partition coefficient (Wildman–Crippen LogP) is 5.58. The van der Waals surface area contributed by atoms with Crippen molar-refractivity contribution < 1.29 is 9.84 Å². The van der Waals surface area contributed by atoms with Crippen LogP contribution in [-0.4, -0.2) is 23.4 Å². The van der Waals surface area contributed by atoms with E-state index in [9.17, 15) is 0 Å². The number of ether oxygens (including phenoxy) is 1. The molecule has 1 rings (SSSR count). The van der Waals surface area contributed by atoms with Crippen LogP contribution in [0.15, 0.2) is 0 Å². The molecule has 2 nitrogen and oxygen atoms in total. The second kappa shape index (κ2) is 7.66. The largest absolute Gasteiger partial charge is 0.396 e. The minimum absolute atomic E-state index is 0.0600. The lowest BCUT2D eigenvalue weighted by molar-refractivity contribution is -0.184. The summed E-state index contributed by atoms with van der Waals surface area (Å²) in [6.07, 6.45) is 8.58. The zero-order valence-corrected chi connectivity index (χ0v) is 16.2. The van der Waals surface area contributed by atoms with Crippen molar-refractivity contribution in [1.29, 1.82) is 0 Å². The van der Waals surface area contributed by atoms with Gasteiger partial charge >= 0.3 is 0 Å². The van der Waals surface area contributed by atoms with Crippen LogP contribution in [0.1, 0.15) is 93.4 Å². The summed E-state index contributed by atoms with van der Waals surface area (Å²) >= 11 is 0. The molecule has 0 saturated heterocycles. The lowest BCUT2D eigenvalue weighted by Gasteiger charge is -2.51. The molecule has 22 heavy (non-hydrogen) atoms. The highest BCUT2D eigenvalue weighted by atomic mass is 16.5. The van der Waals surface area contributed by atoms with Crippen LogP contribution in [0, 0.1) is 16.7 Å². The minimum atomic E-state index is -0.0600. The number of aliphatic hydroxyl groups is 1. The Bertz CT molecular complexity index is 315. The van der Waals surface area contributed by atoms with Gasteiger partial charge in [-0.05, 0) is 56.3 Å². The molecule has 0 amide bonds. The molecule has 1 atom stereocenters. The predicted molar refractivity (Wildman–Crippen MR) is 95.1 cm³/mol. The third-order valence-electron chi connectivity index (χ3n) is 5.60. The molecule has 0 aromatic heterocycles. The molecule has 0 heterocycles. The maximum atomic E-state index is 9.00. The van der Waals surface area contributed by atoms with Crippen LogP contribution in [0.3, 0.4) is 0 Å². The van der Waals surface area contributed by atoms with Crippen molar-refractivity contribution in [2.24, 2.45) is 16.7 Å². The van der Waals surface area contributed by atoms with Crippen LogP contribution in [0.25, 0.3) is 0 Å². The Morgan fingerprint density at radius 2 is 1.64 bits per heavy atom. The Morgan fingerprint density at radius 3 is 2.14 bits per heavy atom. The molecule has 0 spiro atoms. The van der Waals surface area contributed by atoms with Crippen molar-refractivity contribution in [3.8, 4) is 0 Å². The van der Waals surface area contributed by atoms with Gasteiger partial charge in [-0.25, -0.2) is 0 Å². The molecule has 2 heteroatoms. The summed E-state index contributed by atoms with van der Waals surface area (Å²) in [7, 11) is 0. The molecule has 1 aliphatic rings. The van der Waals surface area contributed by atoms with Crippen LogP contribution in [0.2, 0.25) is 0 Å². The van der Waals surface area contributed by atoms with Crippen LogP contribution < -0.4 is 0 Å². The molecule has 1 N–H and O–H groups in total. The Morgan fingerprint density at radius 1 is 1.09 bits per heavy atom. The number of aliphatic hydroxyl groups excluding tert-OH is 1. The van der Waals surface area contributed by atoms with Gasteiger partial charge in [-0.15, -0.1) is 0 Å². The number of hydrogen-bond donors (Lipinski definition) is 1. The van der Waals surface area contributed by atoms with Gasteiger partial charge in [0.15, 0.2) is 0 Å². The molecule has 0 radical (unpaired) electrons. The molecule has 0 aromatic carbocycles. The quantitative estimate of drug-likeness (QED) is 0.634. The standard InChI is InChI=1S/C20H40O2/c1-16(11-15-21)10-8-14-20(6,7)22-17-18(2,3)12-9-13-19(17,4)5/h16-17,21H,8-15H2,1-7H3. The third-order valence-corrected chi connectivity index (χ3v) is 5.60. The van der Waals surface area contributed by atoms with Gasteiger partial charge in [-0.3, -0.25) is 0 Å². The van der Waals surface area contributed by atoms with Gasteiger partial charge in [0.2, 0.25) is 0 Å². The minimum Gasteiger partial charge on any atom is -0.396 e. The fourth-order valence-electron chi connectivity index (χ4n) is 4.26. The Hall–Kier alpha value is -0.0800. The van der Waals surface area contributed by atoms with Gasteiger partial charge in [-0.2, -0.15) is 0 Å². The van der Waals surface area contributed by atoms with Crippen LogP contribution in [0.5, 0.6) is 0 Å². The van der Waals surface area contributed by atoms with E-state index in [1.54, 1.807) is 0 Å². The van der Waals surface area contributed by atoms with Crippen molar-refractivity contribution in [2.75, 3.05) is 6.61 Å². The van der Waals surface area contributed by atoms with Gasteiger partial charge in [0, 0.05) is 6.61 Å². The van der Waals surface area contributed by atoms with Crippen molar-refractivity contribution in [3.05, 3.63) is 0 Å². The lowest BCUT2D eigenvalue weighted by Crippen LogP contribution is -2.50. The third kappa shape index (κ3) is 5.85. The molecule has 1 aliphatic carbocycles. The normalized spacial score (nSPS) is 23.5. The Kier molecular flexibility index (Phi) is 6.95. The Balaban J connectivity index is 2.57. The molecule has 132 valence electrons. The van der Waals surface area contributed by atoms with E-state index in [1.807, 2.05) is 0 Å². The monoisotopic (exact) mass is 312 g/mol. The van der Waals surface area contributed by atoms with Crippen molar-refractivity contribution in [3.63, 3.8) is 0 Å². The number of hydrogen-bond acceptors (Lipinski definition) is 2. The zero-order chi connectivity index (χ0) is 17.0. The Labute approximate surface area is 139 Å². The summed E-state index contributed by atoms with van der Waals surface area (Å²) < 4.78 is 6.70. The molecule has 1 unspecified atom stereocenters. The average Bonchev–Trinajstić information content (AvgIpc) is 2.34. The van der Waals surface area contributed by atoms with Gasteiger partial charge in [0.25, 0.3) is 0 Å². The zero-order valence-electron chi connectivity index (χ0n) is 16.2. The van der Waals surface area contributed by atoms with Crippen molar-refractivity contribution in [2.45, 2.75) is 105 Å². The van der Waals surface area contributed by atoms with Crippen molar-refractivity contribution in [1.82, 2.24) is 0 Å². The van der Waals surface area contributed by atoms with E-state index in [-0.39, 0.29) is 16.4 Å². The fourth-order valence-corrected chi connectivity index (χ4v) is 4.26. The van der Waals surface area contributed by atoms with E-state index >= 15 is 0 Å². The molecule has 0 aromatic rings. The highest BCUT2D eigenvalue weighted by Gasteiger charge is 2.46. The van der Waals surface area contributed by atoms with Gasteiger partial charge < -0.3 is 9.84 Å². The summed E-state index contributed by atoms with van der Waals surface area (Å²) in [6.45, 7) is 16.5. The van der Waals surface area contributed by atoms with Gasteiger partial charge in [0.1, 0.15) is 0 Å². The second-order valence-electron chi connectivity index (χ2n) is 9.60. The summed E-state index contributed by atoms with van der Waals surface area (Å²) in [5.41, 5.74) is 0.474. The van der Waals surface area contributed by atoms with E-state index in [0.717, 1.165) is 12.8 Å². The topological polar surface area (TPSA) is 29.5 Å². The second-order valence-corrected chi connectivity index (χ2v) is 9.60. The van der Waals surface area contributed by atoms with Gasteiger partial charge in [-0.1, -0.05) is 53.9 Å². The smallest absolute Gasteiger partial charge is 0.0684 e. The van der Waals surface area contributed by atoms with E-state index < -0.39 is 0 Å². The van der Waals surface area contributed by atoms with E-state index in [1.165, 1.54) is 32.1 Å². The highest BCUT2D eigenvalue weighted by molar-refractivity contribution is 4.96. The SMILES string of the molecule is CC(CCO)CCCC(C)(C)OC1C(C)(C)CCCC1(C)C. The molecule has 1 saturated carbocycles. The van der Waals surface area contributed by atoms with Crippen LogP contribution in [0.4, 0.5) is 0 Å². The van der Waals surface area contributed by atoms with E-state index in [0.29, 0.717) is 18.6 Å². The van der Waals surface area contributed by atoms with Crippen LogP contribution in [-0.2, 0) is 4.74 Å². The van der Waals surface area contributed by atoms with E-state index in [2.05, 4.69) is 48.5 Å². The van der Waals surface area contributed by atoms with Gasteiger partial charge in [0.05, 0.1) is 11.7 Å². The van der Waals surface area contributed by atoms with E-state index in [4.69, 9.17) is 9.84 Å². The van der Waals surface area contributed by atoms with Crippen LogP contribution >= 0.6 is 0 Å². The molecule has 0 bridgehead atoms. The first kappa shape index (κ1) is 20.0. The summed E-state index contributed by atoms with van der Waals surface area (Å²) in [5.74, 6) is 0.614. The first-order valence-corrected chi connectivity index (χ1v) is 9.29. The fraction of sp³-hybridized carbons (Fsp3) is 1.00. The highest BCUT2D eigenvalue weighted by Crippen LogP contribution is 2.49.